The van der Waals surface area contributed by atoms with Crippen LogP contribution in [0.25, 0.3) is 0 Å². The van der Waals surface area contributed by atoms with Crippen molar-refractivity contribution in [2.24, 2.45) is 0 Å². The summed E-state index contributed by atoms with van der Waals surface area (Å²) >= 11 is 1.73. The lowest BCUT2D eigenvalue weighted by molar-refractivity contribution is 0.0601. The predicted molar refractivity (Wildman–Crippen MR) is 72.5 cm³/mol. The summed E-state index contributed by atoms with van der Waals surface area (Å²) in [5.74, 6) is -0.214. The molecule has 90 valence electrons. The summed E-state index contributed by atoms with van der Waals surface area (Å²) in [7, 11) is 0.114. The Bertz CT molecular complexity index is 347. The van der Waals surface area contributed by atoms with E-state index < -0.39 is 8.07 Å². The molecule has 16 heavy (non-hydrogen) atoms. The fraction of sp³-hybridized carbons (Fsp3) is 0.583. The smallest absolute Gasteiger partial charge is 0.338 e. The van der Waals surface area contributed by atoms with Crippen molar-refractivity contribution in [2.45, 2.75) is 38.9 Å². The van der Waals surface area contributed by atoms with Crippen molar-refractivity contribution in [3.05, 3.63) is 17.0 Å². The highest BCUT2D eigenvalue weighted by atomic mass is 32.1. The van der Waals surface area contributed by atoms with E-state index in [-0.39, 0.29) is 5.97 Å². The van der Waals surface area contributed by atoms with Gasteiger partial charge in [0.25, 0.3) is 0 Å². The zero-order valence-corrected chi connectivity index (χ0v) is 12.3. The van der Waals surface area contributed by atoms with Crippen molar-refractivity contribution in [1.29, 1.82) is 0 Å². The average Bonchev–Trinajstić information content (AvgIpc) is 2.81. The van der Waals surface area contributed by atoms with Gasteiger partial charge in [-0.2, -0.15) is 11.3 Å². The quantitative estimate of drug-likeness (QED) is 0.597. The van der Waals surface area contributed by atoms with Crippen LogP contribution in [-0.4, -0.2) is 21.2 Å². The Kier molecular flexibility index (Phi) is 4.74. The Hall–Kier alpha value is -0.613. The molecule has 2 nitrogen and oxygen atoms in total. The average molecular weight is 256 g/mol. The Balaban J connectivity index is 3.03. The van der Waals surface area contributed by atoms with Crippen molar-refractivity contribution >= 4 is 29.9 Å². The normalized spacial score (nSPS) is 11.5. The molecule has 0 fully saturated rings. The topological polar surface area (TPSA) is 26.3 Å². The molecule has 0 bridgehead atoms. The Morgan fingerprint density at radius 2 is 1.88 bits per heavy atom. The van der Waals surface area contributed by atoms with Crippen LogP contribution in [0.5, 0.6) is 0 Å². The highest BCUT2D eigenvalue weighted by molar-refractivity contribution is 7.26. The first-order valence-electron chi connectivity index (χ1n) is 5.80. The first-order chi connectivity index (χ1) is 7.63. The van der Waals surface area contributed by atoms with Gasteiger partial charge in [0.1, 0.15) is 0 Å². The van der Waals surface area contributed by atoms with Crippen LogP contribution in [0.4, 0.5) is 0 Å². The van der Waals surface area contributed by atoms with Crippen LogP contribution >= 0.6 is 11.3 Å². The second kappa shape index (κ2) is 5.64. The van der Waals surface area contributed by atoms with E-state index in [1.54, 1.807) is 11.3 Å². The minimum atomic E-state index is -1.32. The van der Waals surface area contributed by atoms with Crippen LogP contribution in [0.1, 0.15) is 31.1 Å². The highest BCUT2D eigenvalue weighted by Crippen LogP contribution is 2.23. The molecule has 0 spiro atoms. The van der Waals surface area contributed by atoms with Gasteiger partial charge in [-0.15, -0.1) is 0 Å². The third-order valence-electron chi connectivity index (χ3n) is 3.57. The molecule has 0 atom stereocenters. The minimum absolute atomic E-state index is 0.214. The van der Waals surface area contributed by atoms with Gasteiger partial charge in [0.05, 0.1) is 20.7 Å². The Labute approximate surface area is 103 Å². The molecule has 0 saturated carbocycles. The summed E-state index contributed by atoms with van der Waals surface area (Å²) in [6.07, 6.45) is 0. The number of carbonyl (C=O) groups is 1. The van der Waals surface area contributed by atoms with Crippen LogP contribution in [0.2, 0.25) is 18.1 Å². The number of carbonyl (C=O) groups excluding carboxylic acids is 1. The molecule has 0 radical (unpaired) electrons. The van der Waals surface area contributed by atoms with Crippen LogP contribution in [0, 0.1) is 0 Å². The summed E-state index contributed by atoms with van der Waals surface area (Å²) in [6.45, 7) is 6.82. The largest absolute Gasteiger partial charge is 0.465 e. The van der Waals surface area contributed by atoms with Gasteiger partial charge in [0.2, 0.25) is 0 Å². The summed E-state index contributed by atoms with van der Waals surface area (Å²) in [5.41, 5.74) is 0.717. The van der Waals surface area contributed by atoms with E-state index in [9.17, 15) is 4.79 Å². The van der Waals surface area contributed by atoms with Crippen molar-refractivity contribution in [3.8, 4) is 0 Å². The molecular formula is C12H20O2SSi. The number of hydrogen-bond acceptors (Lipinski definition) is 3. The fourth-order valence-corrected chi connectivity index (χ4v) is 8.21. The van der Waals surface area contributed by atoms with E-state index in [2.05, 4.69) is 26.8 Å². The SMILES string of the molecule is CC[Si](CC)(CC)c1cc(C(=O)OC)cs1. The maximum Gasteiger partial charge on any atom is 0.338 e. The van der Waals surface area contributed by atoms with Gasteiger partial charge in [0.15, 0.2) is 0 Å². The first kappa shape index (κ1) is 13.5. The predicted octanol–water partition coefficient (Wildman–Crippen LogP) is 3.25. The van der Waals surface area contributed by atoms with Crippen LogP contribution in [0.15, 0.2) is 11.4 Å². The summed E-state index contributed by atoms with van der Waals surface area (Å²) < 4.78 is 6.19. The first-order valence-corrected chi connectivity index (χ1v) is 9.31. The zero-order chi connectivity index (χ0) is 12.2. The van der Waals surface area contributed by atoms with Crippen molar-refractivity contribution in [2.75, 3.05) is 7.11 Å². The van der Waals surface area contributed by atoms with Gasteiger partial charge >= 0.3 is 5.97 Å². The molecule has 4 heteroatoms. The lowest BCUT2D eigenvalue weighted by Gasteiger charge is -2.26. The Morgan fingerprint density at radius 3 is 2.31 bits per heavy atom. The molecular weight excluding hydrogens is 236 g/mol. The molecule has 1 rings (SSSR count). The molecule has 0 unspecified atom stereocenters. The lowest BCUT2D eigenvalue weighted by Crippen LogP contribution is -2.43. The lowest BCUT2D eigenvalue weighted by atomic mass is 10.3. The number of hydrogen-bond donors (Lipinski definition) is 0. The molecule has 0 N–H and O–H groups in total. The van der Waals surface area contributed by atoms with Crippen LogP contribution in [0.3, 0.4) is 0 Å². The third-order valence-corrected chi connectivity index (χ3v) is 11.2. The third kappa shape index (κ3) is 2.38. The molecule has 0 aliphatic rings. The van der Waals surface area contributed by atoms with Gasteiger partial charge in [-0.1, -0.05) is 38.9 Å². The van der Waals surface area contributed by atoms with Gasteiger partial charge in [-0.25, -0.2) is 4.79 Å². The van der Waals surface area contributed by atoms with Gasteiger partial charge < -0.3 is 4.74 Å². The van der Waals surface area contributed by atoms with E-state index in [1.165, 1.54) is 29.7 Å². The summed E-state index contributed by atoms with van der Waals surface area (Å²) in [4.78, 5) is 11.4. The van der Waals surface area contributed by atoms with E-state index in [0.29, 0.717) is 0 Å². The molecule has 0 aliphatic heterocycles. The van der Waals surface area contributed by atoms with Gasteiger partial charge in [-0.05, 0) is 10.6 Å². The molecule has 0 aromatic carbocycles. The Morgan fingerprint density at radius 1 is 1.31 bits per heavy atom. The van der Waals surface area contributed by atoms with Crippen molar-refractivity contribution in [3.63, 3.8) is 0 Å². The van der Waals surface area contributed by atoms with E-state index >= 15 is 0 Å². The second-order valence-electron chi connectivity index (χ2n) is 4.03. The van der Waals surface area contributed by atoms with Crippen molar-refractivity contribution < 1.29 is 9.53 Å². The van der Waals surface area contributed by atoms with Gasteiger partial charge in [-0.3, -0.25) is 0 Å². The molecule has 0 aliphatic carbocycles. The second-order valence-corrected chi connectivity index (χ2v) is 10.5. The molecule has 1 heterocycles. The molecule has 0 amide bonds. The maximum atomic E-state index is 11.4. The standard InChI is InChI=1S/C12H20O2SSi/c1-5-16(6-2,7-3)11-8-10(9-15-11)12(13)14-4/h8-9H,5-7H2,1-4H3. The number of esters is 1. The fourth-order valence-electron chi connectivity index (χ4n) is 2.11. The number of thiophene rings is 1. The van der Waals surface area contributed by atoms with E-state index in [1.807, 2.05) is 5.38 Å². The monoisotopic (exact) mass is 256 g/mol. The molecule has 1 aromatic rings. The van der Waals surface area contributed by atoms with Crippen molar-refractivity contribution in [1.82, 2.24) is 0 Å². The highest BCUT2D eigenvalue weighted by Gasteiger charge is 2.31. The van der Waals surface area contributed by atoms with E-state index in [4.69, 9.17) is 4.74 Å². The molecule has 0 saturated heterocycles. The van der Waals surface area contributed by atoms with Crippen LogP contribution in [-0.2, 0) is 4.74 Å². The zero-order valence-electron chi connectivity index (χ0n) is 10.5. The number of rotatable bonds is 5. The summed E-state index contributed by atoms with van der Waals surface area (Å²) in [5, 5.41) is 1.93. The molecule has 1 aromatic heterocycles. The number of methoxy groups -OCH3 is 1. The van der Waals surface area contributed by atoms with Gasteiger partial charge in [0, 0.05) is 5.38 Å². The van der Waals surface area contributed by atoms with Crippen LogP contribution < -0.4 is 4.50 Å². The minimum Gasteiger partial charge on any atom is -0.465 e. The number of ether oxygens (including phenoxy) is 1. The van der Waals surface area contributed by atoms with E-state index in [0.717, 1.165) is 5.56 Å². The maximum absolute atomic E-state index is 11.4. The summed E-state index contributed by atoms with van der Waals surface area (Å²) in [6, 6.07) is 5.81.